The van der Waals surface area contributed by atoms with Gasteiger partial charge in [0.1, 0.15) is 17.2 Å². The molecule has 33 heavy (non-hydrogen) atoms. The molecule has 0 bridgehead atoms. The number of nitrogens with two attached hydrogens (primary N) is 1. The van der Waals surface area contributed by atoms with Gasteiger partial charge in [0.15, 0.2) is 0 Å². The standard InChI is InChI=1S/C24H20F2N4O3/c1-30-13-5-7-19(23(30)32)24(33,20-15-17(25)8-9-21(20)26)11-4-2-3-6-16(22(27)31)14-18-10-12-28-29-18/h3,5-10,12-15,33H,11H2,1H3,(H2,27,31)(H,28,29)/b6-3+,16-14+. The van der Waals surface area contributed by atoms with E-state index in [2.05, 4.69) is 22.0 Å². The number of aromatic amines is 1. The number of nitrogens with one attached hydrogen (secondary N) is 1. The van der Waals surface area contributed by atoms with Gasteiger partial charge in [-0.05, 0) is 54.6 Å². The van der Waals surface area contributed by atoms with Gasteiger partial charge in [0, 0.05) is 37.0 Å². The molecule has 7 nitrogen and oxygen atoms in total. The van der Waals surface area contributed by atoms with Crippen molar-refractivity contribution in [3.05, 3.63) is 105 Å². The summed E-state index contributed by atoms with van der Waals surface area (Å²) in [7, 11) is 1.47. The molecule has 2 heterocycles. The molecule has 2 aromatic heterocycles. The highest BCUT2D eigenvalue weighted by molar-refractivity contribution is 5.99. The molecule has 1 atom stereocenters. The predicted octanol–water partition coefficient (Wildman–Crippen LogP) is 2.14. The Balaban J connectivity index is 1.98. The third-order valence-electron chi connectivity index (χ3n) is 4.85. The van der Waals surface area contributed by atoms with Crippen molar-refractivity contribution in [3.8, 4) is 11.8 Å². The molecule has 3 rings (SSSR count). The van der Waals surface area contributed by atoms with Gasteiger partial charge >= 0.3 is 0 Å². The minimum Gasteiger partial charge on any atom is -0.379 e. The normalized spacial score (nSPS) is 13.4. The molecule has 1 unspecified atom stereocenters. The first kappa shape index (κ1) is 23.4. The second kappa shape index (κ2) is 9.89. The van der Waals surface area contributed by atoms with Gasteiger partial charge in [-0.1, -0.05) is 11.8 Å². The Labute approximate surface area is 187 Å². The number of nitrogens with zero attached hydrogens (tertiary/aromatic N) is 2. The van der Waals surface area contributed by atoms with Crippen LogP contribution in [0.3, 0.4) is 0 Å². The van der Waals surface area contributed by atoms with Crippen LogP contribution in [-0.4, -0.2) is 25.8 Å². The van der Waals surface area contributed by atoms with E-state index in [0.717, 1.165) is 18.2 Å². The number of hydrogen-bond acceptors (Lipinski definition) is 4. The summed E-state index contributed by atoms with van der Waals surface area (Å²) >= 11 is 0. The van der Waals surface area contributed by atoms with Crippen molar-refractivity contribution in [2.24, 2.45) is 12.8 Å². The highest BCUT2D eigenvalue weighted by Gasteiger charge is 2.36. The van der Waals surface area contributed by atoms with E-state index in [9.17, 15) is 23.5 Å². The summed E-state index contributed by atoms with van der Waals surface area (Å²) in [5.41, 5.74) is 2.66. The van der Waals surface area contributed by atoms with Crippen LogP contribution >= 0.6 is 0 Å². The van der Waals surface area contributed by atoms with Gasteiger partial charge < -0.3 is 15.4 Å². The number of primary amides is 1. The number of pyridine rings is 1. The smallest absolute Gasteiger partial charge is 0.256 e. The average molecular weight is 450 g/mol. The average Bonchev–Trinajstić information content (AvgIpc) is 3.29. The quantitative estimate of drug-likeness (QED) is 0.303. The molecular formula is C24H20F2N4O3. The lowest BCUT2D eigenvalue weighted by Crippen LogP contribution is -2.36. The largest absolute Gasteiger partial charge is 0.379 e. The Morgan fingerprint density at radius 2 is 2.09 bits per heavy atom. The highest BCUT2D eigenvalue weighted by atomic mass is 19.1. The molecule has 0 aliphatic carbocycles. The molecule has 0 aliphatic rings. The van der Waals surface area contributed by atoms with Gasteiger partial charge in [0.2, 0.25) is 5.91 Å². The molecule has 0 fully saturated rings. The molecule has 1 amide bonds. The van der Waals surface area contributed by atoms with Gasteiger partial charge in [0.05, 0.1) is 11.3 Å². The molecule has 0 aliphatic heterocycles. The number of carbonyl (C=O) groups is 1. The van der Waals surface area contributed by atoms with Crippen molar-refractivity contribution in [1.82, 2.24) is 14.8 Å². The van der Waals surface area contributed by atoms with Gasteiger partial charge in [-0.2, -0.15) is 5.10 Å². The molecule has 0 spiro atoms. The van der Waals surface area contributed by atoms with Crippen LogP contribution in [0, 0.1) is 23.5 Å². The van der Waals surface area contributed by atoms with Gasteiger partial charge in [-0.25, -0.2) is 8.78 Å². The van der Waals surface area contributed by atoms with Crippen molar-refractivity contribution in [2.45, 2.75) is 12.0 Å². The van der Waals surface area contributed by atoms with Crippen LogP contribution in [-0.2, 0) is 17.4 Å². The summed E-state index contributed by atoms with van der Waals surface area (Å²) in [6.45, 7) is 0. The van der Waals surface area contributed by atoms with Crippen LogP contribution < -0.4 is 11.3 Å². The maximum Gasteiger partial charge on any atom is 0.256 e. The summed E-state index contributed by atoms with van der Waals surface area (Å²) in [5, 5.41) is 17.8. The number of amides is 1. The van der Waals surface area contributed by atoms with Gasteiger partial charge in [-0.3, -0.25) is 14.7 Å². The molecule has 168 valence electrons. The molecule has 3 aromatic rings. The number of H-pyrrole nitrogens is 1. The second-order valence-corrected chi connectivity index (χ2v) is 7.13. The van der Waals surface area contributed by atoms with E-state index in [1.54, 1.807) is 6.07 Å². The number of rotatable bonds is 6. The molecule has 9 heteroatoms. The molecule has 1 aromatic carbocycles. The van der Waals surface area contributed by atoms with Crippen molar-refractivity contribution in [2.75, 3.05) is 0 Å². The van der Waals surface area contributed by atoms with E-state index < -0.39 is 40.7 Å². The summed E-state index contributed by atoms with van der Waals surface area (Å²) in [6.07, 6.45) is 6.71. The Morgan fingerprint density at radius 1 is 1.30 bits per heavy atom. The number of hydrogen-bond donors (Lipinski definition) is 3. The van der Waals surface area contributed by atoms with Crippen molar-refractivity contribution < 1.29 is 18.7 Å². The fourth-order valence-electron chi connectivity index (χ4n) is 3.15. The first-order chi connectivity index (χ1) is 15.7. The summed E-state index contributed by atoms with van der Waals surface area (Å²) in [4.78, 5) is 24.3. The molecular weight excluding hydrogens is 430 g/mol. The van der Waals surface area contributed by atoms with Crippen LogP contribution in [0.4, 0.5) is 8.78 Å². The maximum absolute atomic E-state index is 14.6. The number of benzene rings is 1. The lowest BCUT2D eigenvalue weighted by Gasteiger charge is -2.27. The summed E-state index contributed by atoms with van der Waals surface area (Å²) in [5.74, 6) is 2.90. The van der Waals surface area contributed by atoms with E-state index in [0.29, 0.717) is 5.69 Å². The SMILES string of the molecule is Cn1cccc(C(O)(CC#C/C=C/C(=C\c2ccn[nH]2)C(N)=O)c2cc(F)ccc2F)c1=O. The predicted molar refractivity (Wildman–Crippen MR) is 118 cm³/mol. The first-order valence-corrected chi connectivity index (χ1v) is 9.72. The first-order valence-electron chi connectivity index (χ1n) is 9.72. The second-order valence-electron chi connectivity index (χ2n) is 7.13. The Morgan fingerprint density at radius 3 is 2.79 bits per heavy atom. The third-order valence-corrected chi connectivity index (χ3v) is 4.85. The number of allylic oxidation sites excluding steroid dienone is 1. The summed E-state index contributed by atoms with van der Waals surface area (Å²) in [6, 6.07) is 7.09. The van der Waals surface area contributed by atoms with Crippen molar-refractivity contribution in [1.29, 1.82) is 0 Å². The topological polar surface area (TPSA) is 114 Å². The Hall–Kier alpha value is -4.29. The lowest BCUT2D eigenvalue weighted by atomic mass is 9.84. The van der Waals surface area contributed by atoms with E-state index in [1.165, 1.54) is 54.4 Å². The minimum absolute atomic E-state index is 0.136. The maximum atomic E-state index is 14.6. The highest BCUT2D eigenvalue weighted by Crippen LogP contribution is 2.33. The number of aliphatic hydroxyl groups is 1. The van der Waals surface area contributed by atoms with Crippen LogP contribution in [0.25, 0.3) is 6.08 Å². The van der Waals surface area contributed by atoms with Gasteiger partial charge in [0.25, 0.3) is 5.56 Å². The van der Waals surface area contributed by atoms with Crippen molar-refractivity contribution in [3.63, 3.8) is 0 Å². The molecule has 4 N–H and O–H groups in total. The van der Waals surface area contributed by atoms with Crippen LogP contribution in [0.15, 0.2) is 71.3 Å². The number of halogens is 2. The monoisotopic (exact) mass is 450 g/mol. The van der Waals surface area contributed by atoms with E-state index in [1.807, 2.05) is 0 Å². The van der Waals surface area contributed by atoms with Crippen LogP contribution in [0.1, 0.15) is 23.2 Å². The van der Waals surface area contributed by atoms with Crippen LogP contribution in [0.5, 0.6) is 0 Å². The minimum atomic E-state index is -2.22. The Bertz CT molecular complexity index is 1350. The Kier molecular flexibility index (Phi) is 7.00. The number of aryl methyl sites for hydroxylation is 1. The molecule has 0 saturated carbocycles. The fraction of sp³-hybridized carbons (Fsp3) is 0.125. The zero-order valence-electron chi connectivity index (χ0n) is 17.5. The number of carbonyl (C=O) groups excluding carboxylic acids is 1. The van der Waals surface area contributed by atoms with Crippen molar-refractivity contribution >= 4 is 12.0 Å². The third kappa shape index (κ3) is 5.31. The van der Waals surface area contributed by atoms with Gasteiger partial charge in [-0.15, -0.1) is 0 Å². The molecule has 0 saturated heterocycles. The summed E-state index contributed by atoms with van der Waals surface area (Å²) < 4.78 is 29.7. The van der Waals surface area contributed by atoms with E-state index in [4.69, 9.17) is 5.73 Å². The number of aromatic nitrogens is 3. The fourth-order valence-corrected chi connectivity index (χ4v) is 3.15. The zero-order chi connectivity index (χ0) is 24.0. The lowest BCUT2D eigenvalue weighted by molar-refractivity contribution is -0.114. The van der Waals surface area contributed by atoms with E-state index >= 15 is 0 Å². The molecule has 0 radical (unpaired) electrons. The zero-order valence-corrected chi connectivity index (χ0v) is 17.5. The van der Waals surface area contributed by atoms with E-state index in [-0.39, 0.29) is 11.1 Å². The van der Waals surface area contributed by atoms with Crippen LogP contribution in [0.2, 0.25) is 0 Å².